The minimum Gasteiger partial charge on any atom is -0.462 e. The van der Waals surface area contributed by atoms with Crippen LogP contribution in [-0.4, -0.2) is 81.9 Å². The van der Waals surface area contributed by atoms with E-state index in [0.717, 1.165) is 0 Å². The van der Waals surface area contributed by atoms with Crippen molar-refractivity contribution < 1.29 is 44.2 Å². The van der Waals surface area contributed by atoms with Gasteiger partial charge in [-0.3, -0.25) is 4.79 Å². The molecular formula is C19H23NO10. The summed E-state index contributed by atoms with van der Waals surface area (Å²) in [6.45, 7) is -0.712. The van der Waals surface area contributed by atoms with Gasteiger partial charge in [-0.15, -0.1) is 0 Å². The largest absolute Gasteiger partial charge is 0.462 e. The summed E-state index contributed by atoms with van der Waals surface area (Å²) in [5.41, 5.74) is -0.150. The molecule has 5 atom stereocenters. The fraction of sp³-hybridized carbons (Fsp3) is 0.474. The van der Waals surface area contributed by atoms with Crippen LogP contribution in [0.4, 0.5) is 0 Å². The molecule has 30 heavy (non-hydrogen) atoms. The Balaban J connectivity index is 1.83. The molecule has 1 aromatic heterocycles. The van der Waals surface area contributed by atoms with Gasteiger partial charge in [-0.1, -0.05) is 0 Å². The summed E-state index contributed by atoms with van der Waals surface area (Å²) >= 11 is 0. The molecule has 11 heteroatoms. The van der Waals surface area contributed by atoms with Crippen molar-refractivity contribution in [2.75, 3.05) is 19.8 Å². The van der Waals surface area contributed by atoms with Gasteiger partial charge in [0.05, 0.1) is 19.6 Å². The topological polar surface area (TPSA) is 179 Å². The molecule has 1 aliphatic heterocycles. The molecule has 1 aromatic carbocycles. The quantitative estimate of drug-likeness (QED) is 0.262. The Bertz CT molecular complexity index is 943. The second kappa shape index (κ2) is 9.51. The molecule has 1 saturated heterocycles. The third-order valence-corrected chi connectivity index (χ3v) is 4.69. The van der Waals surface area contributed by atoms with Crippen molar-refractivity contribution in [2.45, 2.75) is 37.1 Å². The molecule has 0 aliphatic carbocycles. The average Bonchev–Trinajstić information content (AvgIpc) is 2.72. The normalized spacial score (nSPS) is 26.5. The zero-order valence-electron chi connectivity index (χ0n) is 15.8. The summed E-state index contributed by atoms with van der Waals surface area (Å²) in [5, 5.41) is 50.8. The first-order valence-corrected chi connectivity index (χ1v) is 9.25. The van der Waals surface area contributed by atoms with Crippen LogP contribution in [0, 0.1) is 0 Å². The first-order chi connectivity index (χ1) is 14.3. The van der Waals surface area contributed by atoms with Gasteiger partial charge in [0.15, 0.2) is 0 Å². The molecule has 0 saturated carbocycles. The van der Waals surface area contributed by atoms with Gasteiger partial charge in [0.2, 0.25) is 12.2 Å². The van der Waals surface area contributed by atoms with E-state index in [9.17, 15) is 30.0 Å². The molecule has 0 unspecified atom stereocenters. The Morgan fingerprint density at radius 2 is 1.87 bits per heavy atom. The number of ether oxygens (including phenoxy) is 2. The van der Waals surface area contributed by atoms with Crippen molar-refractivity contribution in [2.24, 2.45) is 0 Å². The van der Waals surface area contributed by atoms with Gasteiger partial charge in [-0.2, -0.15) is 0 Å². The zero-order chi connectivity index (χ0) is 21.8. The number of fused-ring (bicyclic) bond motifs is 1. The fourth-order valence-electron chi connectivity index (χ4n) is 3.16. The van der Waals surface area contributed by atoms with Gasteiger partial charge in [-0.05, 0) is 17.7 Å². The van der Waals surface area contributed by atoms with E-state index in [2.05, 4.69) is 5.32 Å². The van der Waals surface area contributed by atoms with Crippen LogP contribution in [0.2, 0.25) is 0 Å². The zero-order valence-corrected chi connectivity index (χ0v) is 15.8. The predicted molar refractivity (Wildman–Crippen MR) is 101 cm³/mol. The summed E-state index contributed by atoms with van der Waals surface area (Å²) in [4.78, 5) is 23.8. The first kappa shape index (κ1) is 22.2. The number of carbonyl (C=O) groups is 1. The lowest BCUT2D eigenvalue weighted by Crippen LogP contribution is -2.60. The molecule has 164 valence electrons. The molecule has 2 heterocycles. The van der Waals surface area contributed by atoms with Crippen LogP contribution in [0.25, 0.3) is 11.0 Å². The van der Waals surface area contributed by atoms with E-state index in [-0.39, 0.29) is 36.8 Å². The van der Waals surface area contributed by atoms with Crippen LogP contribution in [0.5, 0.6) is 5.75 Å². The van der Waals surface area contributed by atoms with Gasteiger partial charge >= 0.3 is 5.63 Å². The van der Waals surface area contributed by atoms with Gasteiger partial charge < -0.3 is 44.7 Å². The van der Waals surface area contributed by atoms with Crippen LogP contribution in [0.3, 0.4) is 0 Å². The van der Waals surface area contributed by atoms with E-state index in [1.54, 1.807) is 6.07 Å². The molecule has 2 aromatic rings. The molecule has 3 rings (SSSR count). The smallest absolute Gasteiger partial charge is 0.336 e. The Kier molecular flexibility index (Phi) is 7.02. The minimum atomic E-state index is -1.59. The molecular weight excluding hydrogens is 402 g/mol. The lowest BCUT2D eigenvalue weighted by atomic mass is 9.99. The number of rotatable bonds is 7. The Morgan fingerprint density at radius 3 is 2.57 bits per heavy atom. The monoisotopic (exact) mass is 425 g/mol. The maximum absolute atomic E-state index is 11.9. The predicted octanol–water partition coefficient (Wildman–Crippen LogP) is -2.38. The number of nitrogens with one attached hydrogen (secondary N) is 1. The van der Waals surface area contributed by atoms with Crippen LogP contribution in [0.15, 0.2) is 33.5 Å². The van der Waals surface area contributed by atoms with E-state index < -0.39 is 42.9 Å². The summed E-state index contributed by atoms with van der Waals surface area (Å²) in [5.74, 6) is -0.255. The number of aliphatic hydroxyl groups excluding tert-OH is 5. The average molecular weight is 425 g/mol. The second-order valence-corrected chi connectivity index (χ2v) is 6.81. The third kappa shape index (κ3) is 4.78. The molecule has 1 aliphatic rings. The van der Waals surface area contributed by atoms with Crippen molar-refractivity contribution in [3.8, 4) is 5.75 Å². The van der Waals surface area contributed by atoms with Gasteiger partial charge in [0.1, 0.15) is 35.7 Å². The Morgan fingerprint density at radius 1 is 1.10 bits per heavy atom. The van der Waals surface area contributed by atoms with Crippen molar-refractivity contribution in [1.82, 2.24) is 5.32 Å². The van der Waals surface area contributed by atoms with E-state index in [0.29, 0.717) is 10.9 Å². The second-order valence-electron chi connectivity index (χ2n) is 6.81. The van der Waals surface area contributed by atoms with Gasteiger partial charge in [0, 0.05) is 24.1 Å². The molecule has 0 bridgehead atoms. The van der Waals surface area contributed by atoms with Crippen molar-refractivity contribution in [3.63, 3.8) is 0 Å². The molecule has 6 N–H and O–H groups in total. The lowest BCUT2D eigenvalue weighted by molar-refractivity contribution is -0.277. The van der Waals surface area contributed by atoms with Crippen molar-refractivity contribution in [1.29, 1.82) is 0 Å². The number of hydrogen-bond donors (Lipinski definition) is 6. The molecule has 0 spiro atoms. The van der Waals surface area contributed by atoms with Gasteiger partial charge in [0.25, 0.3) is 0 Å². The van der Waals surface area contributed by atoms with Crippen LogP contribution < -0.4 is 15.7 Å². The maximum Gasteiger partial charge on any atom is 0.336 e. The number of carbonyl (C=O) groups excluding carboxylic acids is 1. The molecule has 1 amide bonds. The molecule has 1 fully saturated rings. The van der Waals surface area contributed by atoms with E-state index >= 15 is 0 Å². The highest BCUT2D eigenvalue weighted by Gasteiger charge is 2.44. The number of amides is 1. The van der Waals surface area contributed by atoms with Crippen LogP contribution >= 0.6 is 0 Å². The summed E-state index contributed by atoms with van der Waals surface area (Å²) in [7, 11) is 0. The Hall–Kier alpha value is -2.54. The highest BCUT2D eigenvalue weighted by Crippen LogP contribution is 2.27. The summed E-state index contributed by atoms with van der Waals surface area (Å²) < 4.78 is 16.0. The Labute approximate surface area is 170 Å². The summed E-state index contributed by atoms with van der Waals surface area (Å²) in [6, 6.07) is 5.58. The van der Waals surface area contributed by atoms with Crippen molar-refractivity contribution in [3.05, 3.63) is 40.2 Å². The fourth-order valence-corrected chi connectivity index (χ4v) is 3.16. The van der Waals surface area contributed by atoms with E-state index in [1.807, 2.05) is 0 Å². The lowest BCUT2D eigenvalue weighted by Gasteiger charge is -2.39. The molecule has 0 radical (unpaired) electrons. The standard InChI is InChI=1S/C19H23NO10/c21-4-3-20-14(23)5-9-6-15(24)29-12-7-10(1-2-11(9)12)28-19-18(27)17(26)16(25)13(8-22)30-19/h1-2,6-7,13,16-19,21-22,25-27H,3-5,8H2,(H,20,23)/t13-,16+,17+,18-,19-/m1/s1. The number of hydrogen-bond acceptors (Lipinski definition) is 10. The van der Waals surface area contributed by atoms with Crippen molar-refractivity contribution >= 4 is 16.9 Å². The van der Waals surface area contributed by atoms with Crippen LogP contribution in [-0.2, 0) is 16.0 Å². The number of aliphatic hydroxyl groups is 5. The first-order valence-electron chi connectivity index (χ1n) is 9.25. The maximum atomic E-state index is 11.9. The highest BCUT2D eigenvalue weighted by atomic mass is 16.7. The minimum absolute atomic E-state index is 0.0926. The SMILES string of the molecule is O=C(Cc1cc(=O)oc2cc(O[C@@H]3O[C@H](CO)[C@H](O)[C@H](O)[C@H]3O)ccc12)NCCO. The van der Waals surface area contributed by atoms with Crippen LogP contribution in [0.1, 0.15) is 5.56 Å². The van der Waals surface area contributed by atoms with Gasteiger partial charge in [-0.25, -0.2) is 4.79 Å². The number of benzene rings is 1. The third-order valence-electron chi connectivity index (χ3n) is 4.69. The highest BCUT2D eigenvalue weighted by molar-refractivity contribution is 5.87. The molecule has 11 nitrogen and oxygen atoms in total. The van der Waals surface area contributed by atoms with E-state index in [1.165, 1.54) is 18.2 Å². The summed E-state index contributed by atoms with van der Waals surface area (Å²) in [6.07, 6.45) is -7.32. The van der Waals surface area contributed by atoms with E-state index in [4.69, 9.17) is 19.0 Å².